The molecule has 2 aromatic carbocycles. The number of anilines is 2. The summed E-state index contributed by atoms with van der Waals surface area (Å²) < 4.78 is 14.6. The van der Waals surface area contributed by atoms with Gasteiger partial charge in [0.25, 0.3) is 5.91 Å². The van der Waals surface area contributed by atoms with Gasteiger partial charge in [0, 0.05) is 5.69 Å². The molecule has 0 aliphatic carbocycles. The highest BCUT2D eigenvalue weighted by atomic mass is 35.5. The molecule has 106 valence electrons. The zero-order chi connectivity index (χ0) is 15.0. The van der Waals surface area contributed by atoms with Crippen molar-refractivity contribution >= 4 is 49.9 Å². The SMILES string of the molecule is Nc1ccc2nc(NC(=O)c3cccc(Cl)c3F)sc2c1. The molecule has 0 aliphatic heterocycles. The minimum absolute atomic E-state index is 0.0975. The number of benzene rings is 2. The molecule has 1 heterocycles. The van der Waals surface area contributed by atoms with Crippen LogP contribution in [0.4, 0.5) is 15.2 Å². The number of halogens is 2. The largest absolute Gasteiger partial charge is 0.399 e. The molecular formula is C14H9ClFN3OS. The van der Waals surface area contributed by atoms with Crippen LogP contribution in [0.3, 0.4) is 0 Å². The molecule has 3 rings (SSSR count). The number of thiazole rings is 1. The summed E-state index contributed by atoms with van der Waals surface area (Å²) in [6, 6.07) is 9.51. The molecule has 0 radical (unpaired) electrons. The van der Waals surface area contributed by atoms with Crippen LogP contribution >= 0.6 is 22.9 Å². The van der Waals surface area contributed by atoms with Crippen LogP contribution in [0, 0.1) is 5.82 Å². The number of aromatic nitrogens is 1. The Kier molecular flexibility index (Phi) is 3.48. The highest BCUT2D eigenvalue weighted by Gasteiger charge is 2.15. The van der Waals surface area contributed by atoms with E-state index < -0.39 is 11.7 Å². The summed E-state index contributed by atoms with van der Waals surface area (Å²) in [6.07, 6.45) is 0. The van der Waals surface area contributed by atoms with Crippen LogP contribution in [0.25, 0.3) is 10.2 Å². The zero-order valence-electron chi connectivity index (χ0n) is 10.6. The Hall–Kier alpha value is -2.18. The van der Waals surface area contributed by atoms with Crippen molar-refractivity contribution < 1.29 is 9.18 Å². The van der Waals surface area contributed by atoms with Crippen LogP contribution in [0.15, 0.2) is 36.4 Å². The first-order chi connectivity index (χ1) is 10.0. The van der Waals surface area contributed by atoms with Gasteiger partial charge in [-0.05, 0) is 30.3 Å². The molecule has 3 aromatic rings. The first-order valence-electron chi connectivity index (χ1n) is 5.96. The van der Waals surface area contributed by atoms with E-state index in [9.17, 15) is 9.18 Å². The molecule has 0 aliphatic rings. The zero-order valence-corrected chi connectivity index (χ0v) is 12.1. The quantitative estimate of drug-likeness (QED) is 0.703. The predicted octanol–water partition coefficient (Wildman–Crippen LogP) is 3.92. The number of nitrogens with one attached hydrogen (secondary N) is 1. The maximum Gasteiger partial charge on any atom is 0.260 e. The average molecular weight is 322 g/mol. The molecule has 0 atom stereocenters. The van der Waals surface area contributed by atoms with Crippen LogP contribution in [0.1, 0.15) is 10.4 Å². The van der Waals surface area contributed by atoms with Gasteiger partial charge in [0.1, 0.15) is 0 Å². The number of nitrogens with zero attached hydrogens (tertiary/aromatic N) is 1. The lowest BCUT2D eigenvalue weighted by Gasteiger charge is -2.03. The van der Waals surface area contributed by atoms with E-state index >= 15 is 0 Å². The van der Waals surface area contributed by atoms with Gasteiger partial charge in [-0.1, -0.05) is 29.0 Å². The smallest absolute Gasteiger partial charge is 0.260 e. The number of carbonyl (C=O) groups excluding carboxylic acids is 1. The average Bonchev–Trinajstić information content (AvgIpc) is 2.83. The number of amides is 1. The normalized spacial score (nSPS) is 10.8. The lowest BCUT2D eigenvalue weighted by Crippen LogP contribution is -2.13. The van der Waals surface area contributed by atoms with Gasteiger partial charge < -0.3 is 5.73 Å². The summed E-state index contributed by atoms with van der Waals surface area (Å²) in [6.45, 7) is 0. The first kappa shape index (κ1) is 13.8. The number of hydrogen-bond donors (Lipinski definition) is 2. The van der Waals surface area contributed by atoms with Gasteiger partial charge in [0.05, 0.1) is 20.8 Å². The van der Waals surface area contributed by atoms with Crippen LogP contribution in [-0.4, -0.2) is 10.9 Å². The van der Waals surface area contributed by atoms with E-state index in [1.165, 1.54) is 29.5 Å². The number of nitrogens with two attached hydrogens (primary N) is 1. The third kappa shape index (κ3) is 2.68. The minimum Gasteiger partial charge on any atom is -0.399 e. The molecule has 0 bridgehead atoms. The topological polar surface area (TPSA) is 68.0 Å². The fourth-order valence-corrected chi connectivity index (χ4v) is 2.92. The molecule has 0 fully saturated rings. The Morgan fingerprint density at radius 3 is 2.95 bits per heavy atom. The van der Waals surface area contributed by atoms with E-state index in [-0.39, 0.29) is 10.6 Å². The number of hydrogen-bond acceptors (Lipinski definition) is 4. The predicted molar refractivity (Wildman–Crippen MR) is 83.4 cm³/mol. The second kappa shape index (κ2) is 5.31. The summed E-state index contributed by atoms with van der Waals surface area (Å²) in [4.78, 5) is 16.3. The van der Waals surface area contributed by atoms with Gasteiger partial charge in [-0.25, -0.2) is 9.37 Å². The molecular weight excluding hydrogens is 313 g/mol. The minimum atomic E-state index is -0.748. The Morgan fingerprint density at radius 2 is 2.14 bits per heavy atom. The van der Waals surface area contributed by atoms with Gasteiger partial charge in [0.2, 0.25) is 0 Å². The van der Waals surface area contributed by atoms with Gasteiger partial charge in [0.15, 0.2) is 10.9 Å². The monoisotopic (exact) mass is 321 g/mol. The molecule has 1 amide bonds. The number of rotatable bonds is 2. The van der Waals surface area contributed by atoms with E-state index in [1.54, 1.807) is 18.2 Å². The highest BCUT2D eigenvalue weighted by Crippen LogP contribution is 2.28. The number of carbonyl (C=O) groups is 1. The van der Waals surface area contributed by atoms with Crippen LogP contribution in [-0.2, 0) is 0 Å². The van der Waals surface area contributed by atoms with E-state index in [1.807, 2.05) is 0 Å². The highest BCUT2D eigenvalue weighted by molar-refractivity contribution is 7.22. The maximum atomic E-state index is 13.8. The second-order valence-electron chi connectivity index (χ2n) is 4.30. The summed E-state index contributed by atoms with van der Waals surface area (Å²) in [5.74, 6) is -1.34. The van der Waals surface area contributed by atoms with Crippen molar-refractivity contribution in [2.75, 3.05) is 11.1 Å². The Balaban J connectivity index is 1.91. The summed E-state index contributed by atoms with van der Waals surface area (Å²) in [5, 5.41) is 2.84. The van der Waals surface area contributed by atoms with E-state index in [4.69, 9.17) is 17.3 Å². The molecule has 21 heavy (non-hydrogen) atoms. The third-order valence-electron chi connectivity index (χ3n) is 2.83. The number of fused-ring (bicyclic) bond motifs is 1. The second-order valence-corrected chi connectivity index (χ2v) is 5.74. The van der Waals surface area contributed by atoms with Gasteiger partial charge in [-0.3, -0.25) is 10.1 Å². The summed E-state index contributed by atoms with van der Waals surface area (Å²) in [5.41, 5.74) is 6.90. The van der Waals surface area contributed by atoms with Crippen LogP contribution in [0.5, 0.6) is 0 Å². The van der Waals surface area contributed by atoms with Crippen molar-refractivity contribution in [2.24, 2.45) is 0 Å². The lowest BCUT2D eigenvalue weighted by molar-refractivity contribution is 0.102. The van der Waals surface area contributed by atoms with E-state index in [0.717, 1.165) is 10.2 Å². The fourth-order valence-electron chi connectivity index (χ4n) is 1.84. The van der Waals surface area contributed by atoms with Crippen molar-refractivity contribution in [3.63, 3.8) is 0 Å². The van der Waals surface area contributed by atoms with Crippen molar-refractivity contribution in [3.8, 4) is 0 Å². The van der Waals surface area contributed by atoms with Gasteiger partial charge in [-0.2, -0.15) is 0 Å². The molecule has 1 aromatic heterocycles. The van der Waals surface area contributed by atoms with Gasteiger partial charge >= 0.3 is 0 Å². The van der Waals surface area contributed by atoms with E-state index in [0.29, 0.717) is 10.8 Å². The first-order valence-corrected chi connectivity index (χ1v) is 7.15. The lowest BCUT2D eigenvalue weighted by atomic mass is 10.2. The summed E-state index contributed by atoms with van der Waals surface area (Å²) >= 11 is 6.93. The number of nitrogen functional groups attached to an aromatic ring is 1. The Labute approximate surface area is 128 Å². The van der Waals surface area contributed by atoms with Gasteiger partial charge in [-0.15, -0.1) is 0 Å². The molecule has 0 spiro atoms. The molecule has 4 nitrogen and oxygen atoms in total. The molecule has 0 unspecified atom stereocenters. The van der Waals surface area contributed by atoms with Crippen molar-refractivity contribution in [3.05, 3.63) is 52.8 Å². The van der Waals surface area contributed by atoms with Crippen LogP contribution < -0.4 is 11.1 Å². The van der Waals surface area contributed by atoms with Crippen molar-refractivity contribution in [1.82, 2.24) is 4.98 Å². The van der Waals surface area contributed by atoms with Crippen molar-refractivity contribution in [2.45, 2.75) is 0 Å². The molecule has 7 heteroatoms. The third-order valence-corrected chi connectivity index (χ3v) is 4.05. The Morgan fingerprint density at radius 1 is 1.33 bits per heavy atom. The fraction of sp³-hybridized carbons (Fsp3) is 0. The van der Waals surface area contributed by atoms with Crippen molar-refractivity contribution in [1.29, 1.82) is 0 Å². The molecule has 0 saturated heterocycles. The van der Waals surface area contributed by atoms with E-state index in [2.05, 4.69) is 10.3 Å². The Bertz CT molecular complexity index is 849. The standard InChI is InChI=1S/C14H9ClFN3OS/c15-9-3-1-2-8(12(9)16)13(20)19-14-18-10-5-4-7(17)6-11(10)21-14/h1-6H,17H2,(H,18,19,20). The molecule has 0 saturated carbocycles. The summed E-state index contributed by atoms with van der Waals surface area (Å²) in [7, 11) is 0. The molecule has 3 N–H and O–H groups in total. The van der Waals surface area contributed by atoms with Crippen LogP contribution in [0.2, 0.25) is 5.02 Å². The maximum absolute atomic E-state index is 13.8.